The van der Waals surface area contributed by atoms with Crippen LogP contribution < -0.4 is 5.56 Å². The van der Waals surface area contributed by atoms with E-state index < -0.39 is 16.6 Å². The second-order valence-electron chi connectivity index (χ2n) is 9.86. The number of aromatic nitrogens is 1. The highest BCUT2D eigenvalue weighted by molar-refractivity contribution is 5.93. The van der Waals surface area contributed by atoms with Crippen molar-refractivity contribution in [2.45, 2.75) is 49.2 Å². The van der Waals surface area contributed by atoms with Gasteiger partial charge in [0, 0.05) is 50.6 Å². The molecule has 0 radical (unpaired) electrons. The molecule has 31 heavy (non-hydrogen) atoms. The van der Waals surface area contributed by atoms with Gasteiger partial charge in [0.05, 0.1) is 5.60 Å². The number of pyridine rings is 1. The lowest BCUT2D eigenvalue weighted by molar-refractivity contribution is -0.0916. The Morgan fingerprint density at radius 3 is 2.71 bits per heavy atom. The zero-order valence-electron chi connectivity index (χ0n) is 18.4. The average molecular weight is 424 g/mol. The standard InChI is InChI=1S/C24H29N3O4/c1-13-24(31)10-14-7-18(22(30)26(2)3)21(29)25-20(14)11-23(24)9-15(12-27(13)4)17-6-5-16(28)8-19(17)23/h5-8,13,15,28,31H,9-12H2,1-4H3,(H,25,29). The lowest BCUT2D eigenvalue weighted by Gasteiger charge is -2.53. The third-order valence-electron chi connectivity index (χ3n) is 8.07. The highest BCUT2D eigenvalue weighted by atomic mass is 16.3. The van der Waals surface area contributed by atoms with Gasteiger partial charge in [-0.2, -0.15) is 0 Å². The molecule has 4 unspecified atom stereocenters. The van der Waals surface area contributed by atoms with Gasteiger partial charge in [0.2, 0.25) is 0 Å². The van der Waals surface area contributed by atoms with Crippen LogP contribution in [0.15, 0.2) is 29.1 Å². The van der Waals surface area contributed by atoms with E-state index in [1.165, 1.54) is 10.5 Å². The second kappa shape index (κ2) is 6.43. The summed E-state index contributed by atoms with van der Waals surface area (Å²) in [6.07, 6.45) is 1.56. The maximum absolute atomic E-state index is 12.8. The Morgan fingerprint density at radius 1 is 1.26 bits per heavy atom. The Morgan fingerprint density at radius 2 is 2.00 bits per heavy atom. The van der Waals surface area contributed by atoms with Crippen LogP contribution >= 0.6 is 0 Å². The first-order valence-electron chi connectivity index (χ1n) is 10.8. The minimum atomic E-state index is -1.11. The quantitative estimate of drug-likeness (QED) is 0.644. The van der Waals surface area contributed by atoms with Crippen molar-refractivity contribution < 1.29 is 15.0 Å². The summed E-state index contributed by atoms with van der Waals surface area (Å²) in [5.74, 6) is 0.0902. The number of fused-ring (bicyclic) bond motifs is 4. The van der Waals surface area contributed by atoms with Crippen molar-refractivity contribution in [3.63, 3.8) is 0 Å². The molecule has 2 heterocycles. The van der Waals surface area contributed by atoms with Crippen molar-refractivity contribution in [2.24, 2.45) is 0 Å². The summed E-state index contributed by atoms with van der Waals surface area (Å²) >= 11 is 0. The lowest BCUT2D eigenvalue weighted by atomic mass is 9.57. The first kappa shape index (κ1) is 20.3. The number of H-pyrrole nitrogens is 1. The smallest absolute Gasteiger partial charge is 0.261 e. The zero-order chi connectivity index (χ0) is 22.3. The van der Waals surface area contributed by atoms with Crippen LogP contribution in [0.1, 0.15) is 52.0 Å². The fraction of sp³-hybridized carbons (Fsp3) is 0.500. The molecule has 2 bridgehead atoms. The Labute approximate surface area is 181 Å². The fourth-order valence-electron chi connectivity index (χ4n) is 6.35. The second-order valence-corrected chi connectivity index (χ2v) is 9.86. The number of hydrogen-bond donors (Lipinski definition) is 3. The van der Waals surface area contributed by atoms with Gasteiger partial charge < -0.3 is 25.0 Å². The van der Waals surface area contributed by atoms with E-state index >= 15 is 0 Å². The lowest BCUT2D eigenvalue weighted by Crippen LogP contribution is -2.64. The van der Waals surface area contributed by atoms with Gasteiger partial charge in [-0.05, 0) is 61.2 Å². The zero-order valence-corrected chi connectivity index (χ0v) is 18.4. The number of phenols is 1. The molecular weight excluding hydrogens is 394 g/mol. The van der Waals surface area contributed by atoms with Crippen LogP contribution in [0.25, 0.3) is 0 Å². The van der Waals surface area contributed by atoms with E-state index in [1.807, 2.05) is 20.0 Å². The van der Waals surface area contributed by atoms with E-state index in [0.29, 0.717) is 12.8 Å². The monoisotopic (exact) mass is 423 g/mol. The molecule has 3 N–H and O–H groups in total. The first-order valence-corrected chi connectivity index (χ1v) is 10.8. The molecule has 3 aliphatic rings. The van der Waals surface area contributed by atoms with Crippen molar-refractivity contribution >= 4 is 5.91 Å². The summed E-state index contributed by atoms with van der Waals surface area (Å²) in [7, 11) is 5.28. The number of likely N-dealkylation sites (tertiary alicyclic amines) is 1. The third kappa shape index (κ3) is 2.59. The Bertz CT molecular complexity index is 1160. The number of aromatic hydroxyl groups is 1. The van der Waals surface area contributed by atoms with E-state index in [4.69, 9.17) is 0 Å². The van der Waals surface area contributed by atoms with E-state index in [-0.39, 0.29) is 29.2 Å². The number of carbonyl (C=O) groups is 1. The summed E-state index contributed by atoms with van der Waals surface area (Å²) < 4.78 is 0. The van der Waals surface area contributed by atoms with Crippen LogP contribution in [0.4, 0.5) is 0 Å². The molecule has 4 atom stereocenters. The molecule has 1 fully saturated rings. The van der Waals surface area contributed by atoms with Crippen molar-refractivity contribution in [3.8, 4) is 5.75 Å². The summed E-state index contributed by atoms with van der Waals surface area (Å²) in [5.41, 5.74) is 1.71. The number of likely N-dealkylation sites (N-methyl/N-ethyl adjacent to an activating group) is 1. The Hall–Kier alpha value is -2.64. The van der Waals surface area contributed by atoms with Crippen molar-refractivity contribution in [3.05, 3.63) is 62.6 Å². The summed E-state index contributed by atoms with van der Waals surface area (Å²) in [6, 6.07) is 7.01. The summed E-state index contributed by atoms with van der Waals surface area (Å²) in [6.45, 7) is 2.87. The van der Waals surface area contributed by atoms with Gasteiger partial charge in [0.15, 0.2) is 0 Å². The minimum absolute atomic E-state index is 0.0975. The fourth-order valence-corrected chi connectivity index (χ4v) is 6.35. The van der Waals surface area contributed by atoms with Crippen LogP contribution in [0, 0.1) is 0 Å². The molecule has 1 amide bonds. The number of nitrogens with one attached hydrogen (secondary N) is 1. The third-order valence-corrected chi connectivity index (χ3v) is 8.07. The predicted octanol–water partition coefficient (Wildman–Crippen LogP) is 1.37. The molecule has 1 aromatic heterocycles. The number of amides is 1. The minimum Gasteiger partial charge on any atom is -0.508 e. The first-order chi connectivity index (χ1) is 14.6. The molecule has 2 aromatic rings. The van der Waals surface area contributed by atoms with Crippen LogP contribution in [0.3, 0.4) is 0 Å². The molecule has 7 heteroatoms. The van der Waals surface area contributed by atoms with E-state index in [2.05, 4.69) is 9.88 Å². The summed E-state index contributed by atoms with van der Waals surface area (Å²) in [4.78, 5) is 31.8. The van der Waals surface area contributed by atoms with Crippen LogP contribution in [-0.2, 0) is 18.3 Å². The van der Waals surface area contributed by atoms with Gasteiger partial charge in [0.1, 0.15) is 11.3 Å². The van der Waals surface area contributed by atoms with Crippen LogP contribution in [0.5, 0.6) is 5.75 Å². The number of hydrogen-bond acceptors (Lipinski definition) is 5. The Kier molecular flexibility index (Phi) is 4.21. The number of aromatic amines is 1. The van der Waals surface area contributed by atoms with Gasteiger partial charge in [-0.15, -0.1) is 0 Å². The molecule has 164 valence electrons. The van der Waals surface area contributed by atoms with Gasteiger partial charge in [-0.1, -0.05) is 6.07 Å². The van der Waals surface area contributed by atoms with Gasteiger partial charge >= 0.3 is 0 Å². The highest BCUT2D eigenvalue weighted by Crippen LogP contribution is 2.60. The molecular formula is C24H29N3O4. The van der Waals surface area contributed by atoms with Gasteiger partial charge in [-0.25, -0.2) is 0 Å². The average Bonchev–Trinajstić information content (AvgIpc) is 2.97. The topological polar surface area (TPSA) is 96.9 Å². The molecule has 2 aliphatic carbocycles. The summed E-state index contributed by atoms with van der Waals surface area (Å²) in [5, 5.41) is 22.6. The maximum atomic E-state index is 12.8. The van der Waals surface area contributed by atoms with Gasteiger partial charge in [0.25, 0.3) is 11.5 Å². The maximum Gasteiger partial charge on any atom is 0.261 e. The molecule has 7 nitrogen and oxygen atoms in total. The van der Waals surface area contributed by atoms with Crippen LogP contribution in [-0.4, -0.2) is 70.2 Å². The number of rotatable bonds is 1. The SMILES string of the molecule is CC1N(C)CC2CC3(Cc4[nH]c(=O)c(C(=O)N(C)C)cc4CC13O)c1cc(O)ccc12. The van der Waals surface area contributed by atoms with E-state index in [9.17, 15) is 19.8 Å². The van der Waals surface area contributed by atoms with E-state index in [1.54, 1.807) is 32.3 Å². The van der Waals surface area contributed by atoms with E-state index in [0.717, 1.165) is 29.8 Å². The molecule has 1 saturated heterocycles. The number of phenolic OH excluding ortho intramolecular Hbond substituents is 1. The number of carbonyl (C=O) groups excluding carboxylic acids is 1. The Balaban J connectivity index is 1.74. The molecule has 1 aliphatic heterocycles. The molecule has 0 saturated carbocycles. The highest BCUT2D eigenvalue weighted by Gasteiger charge is 2.63. The molecule has 5 rings (SSSR count). The molecule has 1 aromatic carbocycles. The normalized spacial score (nSPS) is 31.4. The van der Waals surface area contributed by atoms with Gasteiger partial charge in [-0.3, -0.25) is 9.59 Å². The molecule has 1 spiro atoms. The number of aliphatic hydroxyl groups is 1. The van der Waals surface area contributed by atoms with Crippen LogP contribution in [0.2, 0.25) is 0 Å². The predicted molar refractivity (Wildman–Crippen MR) is 117 cm³/mol. The van der Waals surface area contributed by atoms with Crippen molar-refractivity contribution in [2.75, 3.05) is 27.7 Å². The van der Waals surface area contributed by atoms with Crippen molar-refractivity contribution in [1.29, 1.82) is 0 Å². The van der Waals surface area contributed by atoms with Crippen molar-refractivity contribution in [1.82, 2.24) is 14.8 Å². The largest absolute Gasteiger partial charge is 0.508 e. The number of nitrogens with zero attached hydrogens (tertiary/aromatic N) is 2. The number of benzene rings is 1.